The minimum absolute atomic E-state index is 0.513. The van der Waals surface area contributed by atoms with Gasteiger partial charge in [0.1, 0.15) is 28.3 Å². The maximum Gasteiger partial charge on any atom is 0.328 e. The molecule has 3 aromatic rings. The molecule has 124 valence electrons. The molecule has 3 rings (SSSR count). The predicted octanol–water partition coefficient (Wildman–Crippen LogP) is 3.64. The van der Waals surface area contributed by atoms with E-state index in [9.17, 15) is 9.90 Å². The molecule has 24 heavy (non-hydrogen) atoms. The highest BCUT2D eigenvalue weighted by Crippen LogP contribution is 2.37. The molecule has 6 nitrogen and oxygen atoms in total. The summed E-state index contributed by atoms with van der Waals surface area (Å²) in [5, 5.41) is 15.2. The zero-order valence-electron chi connectivity index (χ0n) is 13.5. The number of nitrogens with zero attached hydrogens (tertiary/aromatic N) is 2. The second-order valence-corrected chi connectivity index (χ2v) is 6.69. The average Bonchev–Trinajstić information content (AvgIpc) is 3.00. The van der Waals surface area contributed by atoms with Crippen LogP contribution in [-0.4, -0.2) is 33.7 Å². The number of rotatable bonds is 5. The van der Waals surface area contributed by atoms with Crippen LogP contribution in [0.15, 0.2) is 36.0 Å². The van der Waals surface area contributed by atoms with Gasteiger partial charge in [-0.25, -0.2) is 14.8 Å². The zero-order chi connectivity index (χ0) is 17.3. The standard InChI is InChI=1S/C17H17N3O3S/c1-17(2,16(21)22)20-14-13-12(8-24-15(13)19-9-18-14)10-4-6-11(23-3)7-5-10/h4-9H,1-3H3,(H,21,22)(H,18,19,20). The molecule has 7 heteroatoms. The third-order valence-electron chi connectivity index (χ3n) is 3.74. The molecular weight excluding hydrogens is 326 g/mol. The Morgan fingerprint density at radius 3 is 2.58 bits per heavy atom. The number of nitrogens with one attached hydrogen (secondary N) is 1. The van der Waals surface area contributed by atoms with Gasteiger partial charge >= 0.3 is 5.97 Å². The molecule has 0 radical (unpaired) electrons. The van der Waals surface area contributed by atoms with E-state index in [1.54, 1.807) is 21.0 Å². The molecule has 0 aliphatic heterocycles. The van der Waals surface area contributed by atoms with Crippen molar-refractivity contribution in [3.63, 3.8) is 0 Å². The first-order valence-electron chi connectivity index (χ1n) is 7.30. The summed E-state index contributed by atoms with van der Waals surface area (Å²) in [6, 6.07) is 7.69. The van der Waals surface area contributed by atoms with E-state index in [-0.39, 0.29) is 0 Å². The maximum absolute atomic E-state index is 11.4. The zero-order valence-corrected chi connectivity index (χ0v) is 14.3. The Morgan fingerprint density at radius 1 is 1.25 bits per heavy atom. The van der Waals surface area contributed by atoms with E-state index in [4.69, 9.17) is 4.74 Å². The van der Waals surface area contributed by atoms with Gasteiger partial charge in [0.05, 0.1) is 12.5 Å². The third-order valence-corrected chi connectivity index (χ3v) is 4.62. The van der Waals surface area contributed by atoms with E-state index in [0.717, 1.165) is 27.1 Å². The van der Waals surface area contributed by atoms with Crippen LogP contribution in [0.2, 0.25) is 0 Å². The lowest BCUT2D eigenvalue weighted by atomic mass is 10.0. The Balaban J connectivity index is 2.11. The number of anilines is 1. The average molecular weight is 343 g/mol. The highest BCUT2D eigenvalue weighted by Gasteiger charge is 2.28. The number of hydrogen-bond acceptors (Lipinski definition) is 6. The monoisotopic (exact) mass is 343 g/mol. The molecule has 1 aromatic carbocycles. The molecule has 0 saturated carbocycles. The molecular formula is C17H17N3O3S. The van der Waals surface area contributed by atoms with Crippen molar-refractivity contribution in [3.05, 3.63) is 36.0 Å². The van der Waals surface area contributed by atoms with Crippen LogP contribution in [0.25, 0.3) is 21.3 Å². The summed E-state index contributed by atoms with van der Waals surface area (Å²) < 4.78 is 5.19. The van der Waals surface area contributed by atoms with Crippen molar-refractivity contribution in [1.29, 1.82) is 0 Å². The van der Waals surface area contributed by atoms with Crippen LogP contribution < -0.4 is 10.1 Å². The molecule has 0 atom stereocenters. The van der Waals surface area contributed by atoms with Gasteiger partial charge in [-0.3, -0.25) is 0 Å². The Labute approximate surface area is 143 Å². The smallest absolute Gasteiger partial charge is 0.328 e. The first kappa shape index (κ1) is 16.2. The van der Waals surface area contributed by atoms with Gasteiger partial charge in [-0.15, -0.1) is 11.3 Å². The lowest BCUT2D eigenvalue weighted by Crippen LogP contribution is -2.40. The number of benzene rings is 1. The Kier molecular flexibility index (Phi) is 4.11. The molecule has 2 N–H and O–H groups in total. The molecule has 0 aliphatic rings. The van der Waals surface area contributed by atoms with Crippen LogP contribution in [-0.2, 0) is 4.79 Å². The van der Waals surface area contributed by atoms with E-state index in [1.807, 2.05) is 29.6 Å². The van der Waals surface area contributed by atoms with E-state index in [1.165, 1.54) is 17.7 Å². The lowest BCUT2D eigenvalue weighted by molar-refractivity contribution is -0.141. The molecule has 0 aliphatic carbocycles. The van der Waals surface area contributed by atoms with Crippen molar-refractivity contribution in [1.82, 2.24) is 9.97 Å². The van der Waals surface area contributed by atoms with Gasteiger partial charge < -0.3 is 15.2 Å². The summed E-state index contributed by atoms with van der Waals surface area (Å²) in [5.41, 5.74) is 0.815. The van der Waals surface area contributed by atoms with Crippen LogP contribution in [0, 0.1) is 0 Å². The highest BCUT2D eigenvalue weighted by atomic mass is 32.1. The number of aromatic nitrogens is 2. The van der Waals surface area contributed by atoms with Gasteiger partial charge in [-0.05, 0) is 31.5 Å². The van der Waals surface area contributed by atoms with Crippen molar-refractivity contribution in [2.24, 2.45) is 0 Å². The van der Waals surface area contributed by atoms with Gasteiger partial charge in [0.2, 0.25) is 0 Å². The largest absolute Gasteiger partial charge is 0.497 e. The number of ether oxygens (including phenoxy) is 1. The normalized spacial score (nSPS) is 11.5. The highest BCUT2D eigenvalue weighted by molar-refractivity contribution is 7.17. The van der Waals surface area contributed by atoms with Crippen LogP contribution in [0.5, 0.6) is 5.75 Å². The van der Waals surface area contributed by atoms with Crippen LogP contribution in [0.4, 0.5) is 5.82 Å². The summed E-state index contributed by atoms with van der Waals surface area (Å²) in [4.78, 5) is 20.8. The summed E-state index contributed by atoms with van der Waals surface area (Å²) in [6.07, 6.45) is 1.44. The molecule has 0 saturated heterocycles. The van der Waals surface area contributed by atoms with Crippen molar-refractivity contribution in [3.8, 4) is 16.9 Å². The Bertz CT molecular complexity index is 888. The summed E-state index contributed by atoms with van der Waals surface area (Å²) in [5.74, 6) is 0.342. The number of aliphatic carboxylic acids is 1. The molecule has 0 spiro atoms. The van der Waals surface area contributed by atoms with Gasteiger partial charge in [0.25, 0.3) is 0 Å². The lowest BCUT2D eigenvalue weighted by Gasteiger charge is -2.22. The second-order valence-electron chi connectivity index (χ2n) is 5.84. The number of thiophene rings is 1. The quantitative estimate of drug-likeness (QED) is 0.736. The van der Waals surface area contributed by atoms with Gasteiger partial charge in [-0.1, -0.05) is 12.1 Å². The van der Waals surface area contributed by atoms with Crippen LogP contribution >= 0.6 is 11.3 Å². The van der Waals surface area contributed by atoms with E-state index in [0.29, 0.717) is 5.82 Å². The van der Waals surface area contributed by atoms with Gasteiger partial charge in [0, 0.05) is 10.9 Å². The van der Waals surface area contributed by atoms with E-state index < -0.39 is 11.5 Å². The molecule has 0 unspecified atom stereocenters. The van der Waals surface area contributed by atoms with Crippen LogP contribution in [0.3, 0.4) is 0 Å². The Morgan fingerprint density at radius 2 is 1.96 bits per heavy atom. The SMILES string of the molecule is COc1ccc(-c2csc3ncnc(NC(C)(C)C(=O)O)c23)cc1. The first-order valence-corrected chi connectivity index (χ1v) is 8.18. The predicted molar refractivity (Wildman–Crippen MR) is 94.7 cm³/mol. The Hall–Kier alpha value is -2.67. The fourth-order valence-electron chi connectivity index (χ4n) is 2.30. The number of carbonyl (C=O) groups is 1. The van der Waals surface area contributed by atoms with E-state index in [2.05, 4.69) is 15.3 Å². The summed E-state index contributed by atoms with van der Waals surface area (Å²) in [7, 11) is 1.62. The summed E-state index contributed by atoms with van der Waals surface area (Å²) >= 11 is 1.50. The second kappa shape index (κ2) is 6.09. The molecule has 0 fully saturated rings. The number of carboxylic acid groups (broad SMARTS) is 1. The molecule has 2 aromatic heterocycles. The van der Waals surface area contributed by atoms with Crippen molar-refractivity contribution in [2.75, 3.05) is 12.4 Å². The topological polar surface area (TPSA) is 84.3 Å². The number of methoxy groups -OCH3 is 1. The van der Waals surface area contributed by atoms with Crippen molar-refractivity contribution >= 4 is 33.3 Å². The minimum Gasteiger partial charge on any atom is -0.497 e. The number of carboxylic acids is 1. The van der Waals surface area contributed by atoms with Crippen molar-refractivity contribution in [2.45, 2.75) is 19.4 Å². The van der Waals surface area contributed by atoms with Gasteiger partial charge in [-0.2, -0.15) is 0 Å². The molecule has 2 heterocycles. The summed E-state index contributed by atoms with van der Waals surface area (Å²) in [6.45, 7) is 3.20. The number of hydrogen-bond donors (Lipinski definition) is 2. The minimum atomic E-state index is -1.14. The fraction of sp³-hybridized carbons (Fsp3) is 0.235. The van der Waals surface area contributed by atoms with Gasteiger partial charge in [0.15, 0.2) is 0 Å². The van der Waals surface area contributed by atoms with E-state index >= 15 is 0 Å². The third kappa shape index (κ3) is 2.90. The fourth-order valence-corrected chi connectivity index (χ4v) is 3.22. The number of fused-ring (bicyclic) bond motifs is 1. The van der Waals surface area contributed by atoms with Crippen molar-refractivity contribution < 1.29 is 14.6 Å². The maximum atomic E-state index is 11.4. The van der Waals surface area contributed by atoms with Crippen LogP contribution in [0.1, 0.15) is 13.8 Å². The first-order chi connectivity index (χ1) is 11.4. The molecule has 0 bridgehead atoms. The molecule has 0 amide bonds.